The van der Waals surface area contributed by atoms with Gasteiger partial charge >= 0.3 is 6.03 Å². The SMILES string of the molecule is Cn1ccc2cc(CNC(=O)N3CC(COc4ccc(Cl)cc4)C3)ccc21. The highest BCUT2D eigenvalue weighted by molar-refractivity contribution is 6.30. The van der Waals surface area contributed by atoms with Crippen LogP contribution in [0.25, 0.3) is 10.9 Å². The Balaban J connectivity index is 1.21. The highest BCUT2D eigenvalue weighted by Gasteiger charge is 2.30. The summed E-state index contributed by atoms with van der Waals surface area (Å²) in [5, 5.41) is 4.88. The summed E-state index contributed by atoms with van der Waals surface area (Å²) < 4.78 is 7.83. The lowest BCUT2D eigenvalue weighted by atomic mass is 10.0. The Morgan fingerprint density at radius 1 is 1.19 bits per heavy atom. The molecule has 1 aliphatic heterocycles. The van der Waals surface area contributed by atoms with Crippen molar-refractivity contribution >= 4 is 28.5 Å². The van der Waals surface area contributed by atoms with Gasteiger partial charge in [-0.2, -0.15) is 0 Å². The lowest BCUT2D eigenvalue weighted by Crippen LogP contribution is -2.55. The average molecular weight is 384 g/mol. The Kier molecular flexibility index (Phi) is 4.94. The zero-order valence-electron chi connectivity index (χ0n) is 15.2. The van der Waals surface area contributed by atoms with Crippen LogP contribution in [-0.4, -0.2) is 35.2 Å². The fraction of sp³-hybridized carbons (Fsp3) is 0.286. The molecule has 0 unspecified atom stereocenters. The normalized spacial score (nSPS) is 14.2. The van der Waals surface area contributed by atoms with Gasteiger partial charge in [0.15, 0.2) is 0 Å². The molecule has 5 nitrogen and oxygen atoms in total. The van der Waals surface area contributed by atoms with Gasteiger partial charge in [-0.25, -0.2) is 4.79 Å². The minimum absolute atomic E-state index is 0.0223. The molecule has 6 heteroatoms. The number of rotatable bonds is 5. The molecule has 1 N–H and O–H groups in total. The standard InChI is InChI=1S/C21H22ClN3O2/c1-24-9-8-17-10-15(2-7-20(17)24)11-23-21(26)25-12-16(13-25)14-27-19-5-3-18(22)4-6-19/h2-10,16H,11-14H2,1H3,(H,23,26). The van der Waals surface area contributed by atoms with E-state index in [9.17, 15) is 4.79 Å². The fourth-order valence-corrected chi connectivity index (χ4v) is 3.44. The number of hydrogen-bond donors (Lipinski definition) is 1. The maximum Gasteiger partial charge on any atom is 0.317 e. The van der Waals surface area contributed by atoms with Crippen LogP contribution in [0, 0.1) is 5.92 Å². The average Bonchev–Trinajstić information content (AvgIpc) is 3.00. The largest absolute Gasteiger partial charge is 0.493 e. The molecule has 0 spiro atoms. The van der Waals surface area contributed by atoms with Crippen LogP contribution < -0.4 is 10.1 Å². The van der Waals surface area contributed by atoms with E-state index in [1.807, 2.05) is 42.4 Å². The fourth-order valence-electron chi connectivity index (χ4n) is 3.32. The predicted molar refractivity (Wildman–Crippen MR) is 107 cm³/mol. The number of aryl methyl sites for hydroxylation is 1. The van der Waals surface area contributed by atoms with Crippen molar-refractivity contribution in [2.45, 2.75) is 6.54 Å². The van der Waals surface area contributed by atoms with E-state index in [0.717, 1.165) is 24.4 Å². The first-order valence-electron chi connectivity index (χ1n) is 9.03. The molecule has 1 aliphatic rings. The van der Waals surface area contributed by atoms with Gasteiger partial charge in [-0.15, -0.1) is 0 Å². The van der Waals surface area contributed by atoms with Crippen LogP contribution in [0.5, 0.6) is 5.75 Å². The topological polar surface area (TPSA) is 46.5 Å². The molecular weight excluding hydrogens is 362 g/mol. The van der Waals surface area contributed by atoms with E-state index in [4.69, 9.17) is 16.3 Å². The minimum Gasteiger partial charge on any atom is -0.493 e. The number of carbonyl (C=O) groups is 1. The minimum atomic E-state index is -0.0223. The number of aromatic nitrogens is 1. The van der Waals surface area contributed by atoms with Crippen molar-refractivity contribution in [3.63, 3.8) is 0 Å². The quantitative estimate of drug-likeness (QED) is 0.722. The Morgan fingerprint density at radius 2 is 1.96 bits per heavy atom. The number of amides is 2. The second-order valence-corrected chi connectivity index (χ2v) is 7.45. The number of carbonyl (C=O) groups excluding carboxylic acids is 1. The monoisotopic (exact) mass is 383 g/mol. The number of ether oxygens (including phenoxy) is 1. The lowest BCUT2D eigenvalue weighted by molar-refractivity contribution is 0.0855. The lowest BCUT2D eigenvalue weighted by Gasteiger charge is -2.38. The summed E-state index contributed by atoms with van der Waals surface area (Å²) >= 11 is 5.86. The molecule has 0 atom stereocenters. The zero-order chi connectivity index (χ0) is 18.8. The third kappa shape index (κ3) is 4.03. The molecule has 0 radical (unpaired) electrons. The van der Waals surface area contributed by atoms with Crippen LogP contribution in [0.3, 0.4) is 0 Å². The molecule has 0 saturated carbocycles. The van der Waals surface area contributed by atoms with Gasteiger partial charge in [-0.1, -0.05) is 17.7 Å². The van der Waals surface area contributed by atoms with E-state index >= 15 is 0 Å². The van der Waals surface area contributed by atoms with Crippen LogP contribution in [-0.2, 0) is 13.6 Å². The summed E-state index contributed by atoms with van der Waals surface area (Å²) in [7, 11) is 2.03. The van der Waals surface area contributed by atoms with Crippen molar-refractivity contribution in [2.75, 3.05) is 19.7 Å². The number of fused-ring (bicyclic) bond motifs is 1. The maximum absolute atomic E-state index is 12.3. The van der Waals surface area contributed by atoms with E-state index in [2.05, 4.69) is 34.1 Å². The molecule has 3 aromatic rings. The van der Waals surface area contributed by atoms with Crippen molar-refractivity contribution in [1.29, 1.82) is 0 Å². The van der Waals surface area contributed by atoms with Crippen molar-refractivity contribution in [3.05, 3.63) is 65.3 Å². The maximum atomic E-state index is 12.3. The molecule has 140 valence electrons. The van der Waals surface area contributed by atoms with E-state index in [1.54, 1.807) is 0 Å². The van der Waals surface area contributed by atoms with Crippen LogP contribution in [0.2, 0.25) is 5.02 Å². The molecule has 1 saturated heterocycles. The Morgan fingerprint density at radius 3 is 2.74 bits per heavy atom. The molecule has 0 bridgehead atoms. The van der Waals surface area contributed by atoms with E-state index < -0.39 is 0 Å². The Labute approximate surface area is 163 Å². The summed E-state index contributed by atoms with van der Waals surface area (Å²) in [6, 6.07) is 15.7. The van der Waals surface area contributed by atoms with Crippen LogP contribution in [0.1, 0.15) is 5.56 Å². The summed E-state index contributed by atoms with van der Waals surface area (Å²) in [5.41, 5.74) is 2.29. The summed E-state index contributed by atoms with van der Waals surface area (Å²) in [6.07, 6.45) is 2.04. The summed E-state index contributed by atoms with van der Waals surface area (Å²) in [4.78, 5) is 14.1. The second-order valence-electron chi connectivity index (χ2n) is 7.01. The number of nitrogens with one attached hydrogen (secondary N) is 1. The summed E-state index contributed by atoms with van der Waals surface area (Å²) in [5.74, 6) is 1.17. The first-order chi connectivity index (χ1) is 13.1. The summed E-state index contributed by atoms with van der Waals surface area (Å²) in [6.45, 7) is 2.58. The van der Waals surface area contributed by atoms with Crippen LogP contribution in [0.15, 0.2) is 54.7 Å². The van der Waals surface area contributed by atoms with Crippen molar-refractivity contribution in [3.8, 4) is 5.75 Å². The van der Waals surface area contributed by atoms with Gasteiger partial charge in [0.2, 0.25) is 0 Å². The van der Waals surface area contributed by atoms with Crippen molar-refractivity contribution in [1.82, 2.24) is 14.8 Å². The van der Waals surface area contributed by atoms with Gasteiger partial charge in [0, 0.05) is 49.3 Å². The van der Waals surface area contributed by atoms with Gasteiger partial charge in [0.05, 0.1) is 6.61 Å². The smallest absolute Gasteiger partial charge is 0.317 e. The molecule has 4 rings (SSSR count). The molecule has 1 aromatic heterocycles. The molecule has 27 heavy (non-hydrogen) atoms. The highest BCUT2D eigenvalue weighted by atomic mass is 35.5. The molecule has 2 amide bonds. The first-order valence-corrected chi connectivity index (χ1v) is 9.41. The number of halogens is 1. The molecule has 1 fully saturated rings. The molecule has 2 aromatic carbocycles. The molecular formula is C21H22ClN3O2. The number of nitrogens with zero attached hydrogens (tertiary/aromatic N) is 2. The van der Waals surface area contributed by atoms with Gasteiger partial charge in [-0.3, -0.25) is 0 Å². The molecule has 0 aliphatic carbocycles. The van der Waals surface area contributed by atoms with Gasteiger partial charge < -0.3 is 19.5 Å². The van der Waals surface area contributed by atoms with E-state index in [-0.39, 0.29) is 6.03 Å². The second kappa shape index (κ2) is 7.53. The van der Waals surface area contributed by atoms with E-state index in [0.29, 0.717) is 24.1 Å². The third-order valence-corrected chi connectivity index (χ3v) is 5.19. The van der Waals surface area contributed by atoms with Crippen LogP contribution in [0.4, 0.5) is 4.79 Å². The van der Waals surface area contributed by atoms with Gasteiger partial charge in [-0.05, 0) is 53.4 Å². The predicted octanol–water partition coefficient (Wildman–Crippen LogP) is 4.05. The number of likely N-dealkylation sites (tertiary alicyclic amines) is 1. The Hall–Kier alpha value is -2.66. The van der Waals surface area contributed by atoms with Gasteiger partial charge in [0.1, 0.15) is 5.75 Å². The number of hydrogen-bond acceptors (Lipinski definition) is 2. The highest BCUT2D eigenvalue weighted by Crippen LogP contribution is 2.20. The number of urea groups is 1. The van der Waals surface area contributed by atoms with E-state index in [1.165, 1.54) is 10.9 Å². The van der Waals surface area contributed by atoms with Crippen molar-refractivity contribution in [2.24, 2.45) is 13.0 Å². The Bertz CT molecular complexity index is 946. The van der Waals surface area contributed by atoms with Crippen LogP contribution >= 0.6 is 11.6 Å². The number of benzene rings is 2. The first kappa shape index (κ1) is 17.7. The van der Waals surface area contributed by atoms with Crippen molar-refractivity contribution < 1.29 is 9.53 Å². The van der Waals surface area contributed by atoms with Gasteiger partial charge in [0.25, 0.3) is 0 Å². The zero-order valence-corrected chi connectivity index (χ0v) is 15.9. The third-order valence-electron chi connectivity index (χ3n) is 4.94. The molecule has 2 heterocycles.